The molecule has 1 fully saturated rings. The summed E-state index contributed by atoms with van der Waals surface area (Å²) in [5.74, 6) is 0.991. The van der Waals surface area contributed by atoms with E-state index in [1.54, 1.807) is 30.3 Å². The van der Waals surface area contributed by atoms with Gasteiger partial charge >= 0.3 is 0 Å². The fourth-order valence-corrected chi connectivity index (χ4v) is 6.14. The number of hydrogen-bond donors (Lipinski definition) is 2. The number of ether oxygens (including phenoxy) is 1. The molecule has 11 heteroatoms. The second-order valence-electron chi connectivity index (χ2n) is 9.57. The van der Waals surface area contributed by atoms with E-state index in [0.717, 1.165) is 47.2 Å². The van der Waals surface area contributed by atoms with Crippen LogP contribution in [0.3, 0.4) is 0 Å². The van der Waals surface area contributed by atoms with Crippen LogP contribution < -0.4 is 10.5 Å². The molecule has 0 bridgehead atoms. The minimum atomic E-state index is -3.12. The van der Waals surface area contributed by atoms with Gasteiger partial charge in [0, 0.05) is 16.1 Å². The Labute approximate surface area is 243 Å². The summed E-state index contributed by atoms with van der Waals surface area (Å²) >= 11 is 3.31. The molecule has 0 amide bonds. The zero-order valence-electron chi connectivity index (χ0n) is 22.5. The maximum absolute atomic E-state index is 12.1. The van der Waals surface area contributed by atoms with E-state index >= 15 is 0 Å². The molecule has 0 unspecified atom stereocenters. The van der Waals surface area contributed by atoms with Crippen LogP contribution >= 0.6 is 15.9 Å². The predicted molar refractivity (Wildman–Crippen MR) is 161 cm³/mol. The van der Waals surface area contributed by atoms with Crippen LogP contribution in [0.1, 0.15) is 24.8 Å². The van der Waals surface area contributed by atoms with Crippen LogP contribution in [0.25, 0.3) is 22.2 Å². The lowest BCUT2D eigenvalue weighted by Gasteiger charge is -2.14. The average Bonchev–Trinajstić information content (AvgIpc) is 3.46. The van der Waals surface area contributed by atoms with Crippen molar-refractivity contribution in [2.75, 3.05) is 44.3 Å². The van der Waals surface area contributed by atoms with E-state index < -0.39 is 9.84 Å². The summed E-state index contributed by atoms with van der Waals surface area (Å²) < 4.78 is 30.7. The Balaban J connectivity index is 0.000000189. The van der Waals surface area contributed by atoms with Gasteiger partial charge in [0.15, 0.2) is 9.84 Å². The number of aromatic nitrogens is 3. The van der Waals surface area contributed by atoms with Gasteiger partial charge in [-0.25, -0.2) is 13.4 Å². The fourth-order valence-electron chi connectivity index (χ4n) is 4.58. The van der Waals surface area contributed by atoms with Gasteiger partial charge in [0.1, 0.15) is 17.9 Å². The zero-order chi connectivity index (χ0) is 28.5. The molecule has 3 N–H and O–H groups in total. The fraction of sp³-hybridized carbons (Fsp3) is 0.345. The summed E-state index contributed by atoms with van der Waals surface area (Å²) in [5, 5.41) is 16.9. The van der Waals surface area contributed by atoms with Gasteiger partial charge in [0.05, 0.1) is 22.8 Å². The number of likely N-dealkylation sites (tertiary alicyclic amines) is 1. The van der Waals surface area contributed by atoms with Crippen LogP contribution in [0.5, 0.6) is 5.75 Å². The highest BCUT2D eigenvalue weighted by Crippen LogP contribution is 2.35. The van der Waals surface area contributed by atoms with Gasteiger partial charge in [0.25, 0.3) is 0 Å². The van der Waals surface area contributed by atoms with Gasteiger partial charge in [-0.05, 0) is 87.3 Å². The molecule has 2 heterocycles. The summed E-state index contributed by atoms with van der Waals surface area (Å²) in [7, 11) is -3.12. The van der Waals surface area contributed by atoms with Gasteiger partial charge in [-0.1, -0.05) is 40.2 Å². The molecule has 0 aliphatic carbocycles. The average molecular weight is 629 g/mol. The van der Waals surface area contributed by atoms with Crippen molar-refractivity contribution in [2.24, 2.45) is 0 Å². The van der Waals surface area contributed by atoms with Crippen molar-refractivity contribution >= 4 is 42.7 Å². The lowest BCUT2D eigenvalue weighted by atomic mass is 9.99. The number of nitrogen functional groups attached to an aromatic ring is 1. The summed E-state index contributed by atoms with van der Waals surface area (Å²) in [6, 6.07) is 18.5. The number of hydrogen-bond acceptors (Lipinski definition) is 9. The first-order valence-corrected chi connectivity index (χ1v) is 15.7. The molecule has 4 aromatic rings. The third-order valence-electron chi connectivity index (χ3n) is 6.61. The Morgan fingerprint density at radius 1 is 1.00 bits per heavy atom. The standard InChI is InChI=1S/C16H16N4O2.C13H18BrNO2S/c1-10-4-2-3-5-11(10)12-8-14-13(18-16(17)20-19-14)9-15(12)22-7-6-21;14-12-4-6-13(7-5-12)18(16,17)11-3-10-15-8-1-2-9-15/h2-5,8-9,21H,6-7H2,1H3,(H2,17,18,20);4-7H,1-3,8-11H2. The van der Waals surface area contributed by atoms with Crippen LogP contribution in [-0.2, 0) is 9.84 Å². The van der Waals surface area contributed by atoms with Crippen LogP contribution in [0.4, 0.5) is 5.95 Å². The second kappa shape index (κ2) is 14.0. The second-order valence-corrected chi connectivity index (χ2v) is 12.6. The molecule has 0 spiro atoms. The van der Waals surface area contributed by atoms with Crippen molar-refractivity contribution in [1.29, 1.82) is 0 Å². The minimum absolute atomic E-state index is 0.0601. The molecule has 212 valence electrons. The van der Waals surface area contributed by atoms with Crippen LogP contribution in [0.2, 0.25) is 0 Å². The highest BCUT2D eigenvalue weighted by atomic mass is 79.9. The monoisotopic (exact) mass is 627 g/mol. The number of rotatable bonds is 9. The van der Waals surface area contributed by atoms with Crippen LogP contribution in [-0.4, -0.2) is 72.2 Å². The van der Waals surface area contributed by atoms with Crippen LogP contribution in [0.15, 0.2) is 70.0 Å². The summed E-state index contributed by atoms with van der Waals surface area (Å²) in [6.45, 7) is 5.32. The molecule has 1 aliphatic heterocycles. The van der Waals surface area contributed by atoms with Crippen molar-refractivity contribution in [2.45, 2.75) is 31.1 Å². The number of anilines is 1. The van der Waals surface area contributed by atoms with Crippen molar-refractivity contribution in [3.8, 4) is 16.9 Å². The number of nitrogens with zero attached hydrogens (tertiary/aromatic N) is 4. The van der Waals surface area contributed by atoms with Gasteiger partial charge in [-0.3, -0.25) is 0 Å². The number of nitrogens with two attached hydrogens (primary N) is 1. The number of aryl methyl sites for hydroxylation is 1. The molecule has 0 saturated carbocycles. The van der Waals surface area contributed by atoms with E-state index in [4.69, 9.17) is 15.6 Å². The predicted octanol–water partition coefficient (Wildman–Crippen LogP) is 4.66. The number of sulfone groups is 1. The minimum Gasteiger partial charge on any atom is -0.490 e. The van der Waals surface area contributed by atoms with Crippen molar-refractivity contribution in [3.63, 3.8) is 0 Å². The molecule has 3 aromatic carbocycles. The molecule has 0 atom stereocenters. The number of aliphatic hydroxyl groups excluding tert-OH is 1. The Morgan fingerprint density at radius 3 is 2.42 bits per heavy atom. The van der Waals surface area contributed by atoms with E-state index in [-0.39, 0.29) is 24.9 Å². The SMILES string of the molecule is Cc1ccccc1-c1cc2nnc(N)nc2cc1OCCO.O=S(=O)(CCCN1CCCC1)c1ccc(Br)cc1. The molecule has 1 aliphatic rings. The highest BCUT2D eigenvalue weighted by molar-refractivity contribution is 9.10. The van der Waals surface area contributed by atoms with E-state index in [9.17, 15) is 8.42 Å². The van der Waals surface area contributed by atoms with Crippen molar-refractivity contribution in [1.82, 2.24) is 20.1 Å². The number of fused-ring (bicyclic) bond motifs is 1. The third kappa shape index (κ3) is 7.97. The number of halogens is 1. The van der Waals surface area contributed by atoms with Gasteiger partial charge in [-0.2, -0.15) is 0 Å². The van der Waals surface area contributed by atoms with Crippen molar-refractivity contribution in [3.05, 3.63) is 70.7 Å². The van der Waals surface area contributed by atoms with E-state index in [1.165, 1.54) is 12.8 Å². The maximum atomic E-state index is 12.1. The first-order chi connectivity index (χ1) is 19.3. The van der Waals surface area contributed by atoms with Gasteiger partial charge in [0.2, 0.25) is 5.95 Å². The molecule has 5 rings (SSSR count). The smallest absolute Gasteiger partial charge is 0.240 e. The van der Waals surface area contributed by atoms with Gasteiger partial charge in [-0.15, -0.1) is 10.2 Å². The zero-order valence-corrected chi connectivity index (χ0v) is 24.9. The van der Waals surface area contributed by atoms with Crippen LogP contribution in [0, 0.1) is 6.92 Å². The Bertz CT molecular complexity index is 1530. The quantitative estimate of drug-likeness (QED) is 0.272. The molecular weight excluding hydrogens is 594 g/mol. The molecule has 1 saturated heterocycles. The van der Waals surface area contributed by atoms with Crippen molar-refractivity contribution < 1.29 is 18.3 Å². The number of benzene rings is 3. The Kier molecular flexibility index (Phi) is 10.4. The summed E-state index contributed by atoms with van der Waals surface area (Å²) in [5.41, 5.74) is 9.88. The normalized spacial score (nSPS) is 13.7. The maximum Gasteiger partial charge on any atom is 0.240 e. The molecule has 9 nitrogen and oxygen atoms in total. The largest absolute Gasteiger partial charge is 0.490 e. The Morgan fingerprint density at radius 2 is 1.73 bits per heavy atom. The summed E-state index contributed by atoms with van der Waals surface area (Å²) in [4.78, 5) is 6.93. The Hall–Kier alpha value is -3.12. The topological polar surface area (TPSA) is 132 Å². The molecule has 40 heavy (non-hydrogen) atoms. The first-order valence-electron chi connectivity index (χ1n) is 13.2. The lowest BCUT2D eigenvalue weighted by molar-refractivity contribution is 0.202. The van der Waals surface area contributed by atoms with Gasteiger partial charge < -0.3 is 20.5 Å². The third-order valence-corrected chi connectivity index (χ3v) is 8.96. The molecular formula is C29H34BrN5O4S. The first kappa shape index (κ1) is 29.9. The molecule has 0 radical (unpaired) electrons. The van der Waals surface area contributed by atoms with E-state index in [2.05, 4.69) is 36.0 Å². The lowest BCUT2D eigenvalue weighted by Crippen LogP contribution is -2.22. The highest BCUT2D eigenvalue weighted by Gasteiger charge is 2.16. The molecule has 1 aromatic heterocycles. The summed E-state index contributed by atoms with van der Waals surface area (Å²) in [6.07, 6.45) is 3.22. The van der Waals surface area contributed by atoms with E-state index in [0.29, 0.717) is 21.7 Å². The number of aliphatic hydroxyl groups is 1. The van der Waals surface area contributed by atoms with E-state index in [1.807, 2.05) is 37.3 Å².